The van der Waals surface area contributed by atoms with Gasteiger partial charge in [-0.15, -0.1) is 0 Å². The van der Waals surface area contributed by atoms with Gasteiger partial charge in [0, 0.05) is 51.0 Å². The lowest BCUT2D eigenvalue weighted by molar-refractivity contribution is -0.137. The molecule has 0 bridgehead atoms. The molecule has 1 aromatic rings. The number of ether oxygens (including phenoxy) is 9. The first-order valence-electron chi connectivity index (χ1n) is 25.6. The van der Waals surface area contributed by atoms with Gasteiger partial charge < -0.3 is 79.8 Å². The van der Waals surface area contributed by atoms with Crippen LogP contribution in [-0.2, 0) is 92.2 Å². The van der Waals surface area contributed by atoms with E-state index in [4.69, 9.17) is 42.6 Å². The lowest BCUT2D eigenvalue weighted by Crippen LogP contribution is -2.52. The molecule has 7 N–H and O–H groups in total. The molecule has 1 aliphatic carbocycles. The van der Waals surface area contributed by atoms with Crippen LogP contribution in [0, 0.1) is 5.92 Å². The number of carbonyl (C=O) groups excluding carboxylic acids is 9. The van der Waals surface area contributed by atoms with Gasteiger partial charge in [-0.25, -0.2) is 0 Å². The largest absolute Gasteiger partial charge is 0.377 e. The topological polar surface area (TPSA) is 324 Å². The molecule has 0 aromatic heterocycles. The fraction of sp³-hybridized carbons (Fsp3) is 0.660. The van der Waals surface area contributed by atoms with Crippen molar-refractivity contribution in [2.45, 2.75) is 57.1 Å². The molecule has 0 radical (unpaired) electrons. The summed E-state index contributed by atoms with van der Waals surface area (Å²) >= 11 is 0. The number of imide groups is 1. The zero-order chi connectivity index (χ0) is 54.9. The maximum atomic E-state index is 13.0. The number of hydrogen-bond donors (Lipinski definition) is 7. The molecular weight excluding hydrogens is 1000 g/mol. The van der Waals surface area contributed by atoms with Gasteiger partial charge in [-0.05, 0) is 31.2 Å². The summed E-state index contributed by atoms with van der Waals surface area (Å²) in [4.78, 5) is 110. The molecule has 0 saturated heterocycles. The first-order chi connectivity index (χ1) is 36.9. The van der Waals surface area contributed by atoms with Crippen LogP contribution in [0.1, 0.15) is 44.1 Å². The Morgan fingerprint density at radius 1 is 0.553 bits per heavy atom. The van der Waals surface area contributed by atoms with E-state index in [-0.39, 0.29) is 75.2 Å². The maximum absolute atomic E-state index is 13.0. The Kier molecular flexibility index (Phi) is 34.9. The lowest BCUT2D eigenvalue weighted by Gasteiger charge is -2.33. The number of benzene rings is 1. The van der Waals surface area contributed by atoms with Crippen LogP contribution in [0.4, 0.5) is 0 Å². The zero-order valence-electron chi connectivity index (χ0n) is 43.6. The third kappa shape index (κ3) is 31.2. The summed E-state index contributed by atoms with van der Waals surface area (Å²) in [6.45, 7) is 4.47. The predicted molar refractivity (Wildman–Crippen MR) is 270 cm³/mol. The Morgan fingerprint density at radius 2 is 1.05 bits per heavy atom. The van der Waals surface area contributed by atoms with Crippen molar-refractivity contribution in [2.75, 3.05) is 152 Å². The van der Waals surface area contributed by atoms with Crippen molar-refractivity contribution >= 4 is 53.2 Å². The summed E-state index contributed by atoms with van der Waals surface area (Å²) in [6.07, 6.45) is 6.07. The number of unbranched alkanes of at least 4 members (excludes halogenated alkanes) is 2. The van der Waals surface area contributed by atoms with Gasteiger partial charge in [0.25, 0.3) is 11.8 Å². The Balaban J connectivity index is 1.03. The second-order valence-corrected chi connectivity index (χ2v) is 17.1. The van der Waals surface area contributed by atoms with Crippen LogP contribution in [0.2, 0.25) is 0 Å². The maximum Gasteiger partial charge on any atom is 0.253 e. The Morgan fingerprint density at radius 3 is 1.62 bits per heavy atom. The molecule has 76 heavy (non-hydrogen) atoms. The third-order valence-electron chi connectivity index (χ3n) is 11.1. The van der Waals surface area contributed by atoms with E-state index in [0.29, 0.717) is 131 Å². The highest BCUT2D eigenvalue weighted by atomic mass is 16.6. The van der Waals surface area contributed by atoms with Gasteiger partial charge >= 0.3 is 0 Å². The van der Waals surface area contributed by atoms with Crippen LogP contribution >= 0.6 is 0 Å². The highest BCUT2D eigenvalue weighted by Crippen LogP contribution is 2.29. The highest BCUT2D eigenvalue weighted by Gasteiger charge is 2.34. The molecule has 2 aliphatic rings. The number of carbonyl (C=O) groups is 9. The van der Waals surface area contributed by atoms with Gasteiger partial charge in [-0.3, -0.25) is 48.1 Å². The fourth-order valence-corrected chi connectivity index (χ4v) is 6.93. The minimum Gasteiger partial charge on any atom is -0.377 e. The van der Waals surface area contributed by atoms with Crippen molar-refractivity contribution < 1.29 is 85.8 Å². The van der Waals surface area contributed by atoms with E-state index in [1.165, 1.54) is 17.1 Å². The Labute approximate surface area is 443 Å². The summed E-state index contributed by atoms with van der Waals surface area (Å²) in [6, 6.07) is 7.85. The fourth-order valence-electron chi connectivity index (χ4n) is 6.93. The van der Waals surface area contributed by atoms with Crippen LogP contribution in [0.3, 0.4) is 0 Å². The monoisotopic (exact) mass is 1080 g/mol. The number of hydrogen-bond acceptors (Lipinski definition) is 18. The molecule has 0 spiro atoms. The number of rotatable bonds is 46. The minimum atomic E-state index is -1.07. The van der Waals surface area contributed by atoms with Crippen molar-refractivity contribution in [3.63, 3.8) is 0 Å². The van der Waals surface area contributed by atoms with Gasteiger partial charge in [0.05, 0.1) is 125 Å². The zero-order valence-corrected chi connectivity index (χ0v) is 43.6. The van der Waals surface area contributed by atoms with Crippen LogP contribution < -0.4 is 37.2 Å². The summed E-state index contributed by atoms with van der Waals surface area (Å²) < 4.78 is 49.1. The lowest BCUT2D eigenvalue weighted by atomic mass is 9.82. The van der Waals surface area contributed by atoms with Crippen molar-refractivity contribution in [3.8, 4) is 0 Å². The summed E-state index contributed by atoms with van der Waals surface area (Å²) in [7, 11) is 1.57. The van der Waals surface area contributed by atoms with Gasteiger partial charge in [-0.2, -0.15) is 0 Å². The van der Waals surface area contributed by atoms with Crippen LogP contribution in [0.5, 0.6) is 0 Å². The molecule has 1 saturated carbocycles. The molecule has 3 rings (SSSR count). The van der Waals surface area contributed by atoms with Crippen LogP contribution in [-0.4, -0.2) is 222 Å². The molecular formula is C50H78N8O18. The summed E-state index contributed by atoms with van der Waals surface area (Å²) in [5, 5.41) is 17.8. The molecule has 1 aliphatic heterocycles. The van der Waals surface area contributed by atoms with Crippen molar-refractivity contribution in [1.82, 2.24) is 42.1 Å². The Hall–Kier alpha value is -5.97. The van der Waals surface area contributed by atoms with Crippen LogP contribution in [0.15, 0.2) is 42.5 Å². The molecule has 1 aromatic carbocycles. The van der Waals surface area contributed by atoms with E-state index in [1.54, 1.807) is 37.4 Å². The summed E-state index contributed by atoms with van der Waals surface area (Å²) in [5.74, 6) is -3.79. The number of nitrogens with zero attached hydrogens (tertiary/aromatic N) is 1. The van der Waals surface area contributed by atoms with Crippen LogP contribution in [0.25, 0.3) is 0 Å². The van der Waals surface area contributed by atoms with E-state index in [0.717, 1.165) is 12.0 Å². The SMILES string of the molecule is CNC(=O)[C@H]1C[C@@H](OCNC(=O)CNC(=O)[C@H](Cc2ccccc2)NC(=O)CNC(=O)CNC(=O)COCCOCCOCCOCCOCCOCCOCCOCCNC(=O)CCCCCN2C(=O)C=CC2=O)C1. The first kappa shape index (κ1) is 64.3. The molecule has 26 heteroatoms. The highest BCUT2D eigenvalue weighted by molar-refractivity contribution is 6.12. The second-order valence-electron chi connectivity index (χ2n) is 17.1. The molecule has 0 unspecified atom stereocenters. The van der Waals surface area contributed by atoms with E-state index < -0.39 is 48.7 Å². The normalized spacial score (nSPS) is 15.1. The smallest absolute Gasteiger partial charge is 0.253 e. The van der Waals surface area contributed by atoms with E-state index >= 15 is 0 Å². The quantitative estimate of drug-likeness (QED) is 0.0200. The average Bonchev–Trinajstić information content (AvgIpc) is 3.72. The van der Waals surface area contributed by atoms with Gasteiger partial charge in [0.15, 0.2) is 0 Å². The van der Waals surface area contributed by atoms with E-state index in [1.807, 2.05) is 0 Å². The molecule has 26 nitrogen and oxygen atoms in total. The minimum absolute atomic E-state index is 0.0499. The molecule has 1 atom stereocenters. The molecule has 9 amide bonds. The summed E-state index contributed by atoms with van der Waals surface area (Å²) in [5.41, 5.74) is 0.748. The third-order valence-corrected chi connectivity index (χ3v) is 11.1. The van der Waals surface area contributed by atoms with Gasteiger partial charge in [-0.1, -0.05) is 36.8 Å². The first-order valence-corrected chi connectivity index (χ1v) is 25.6. The second kappa shape index (κ2) is 41.2. The molecule has 426 valence electrons. The predicted octanol–water partition coefficient (Wildman–Crippen LogP) is -2.59. The standard InChI is InChI=1S/C50H78N8O18/c1-51-49(66)39-31-40(32-39)76-37-56-44(61)34-55-50(67)41(30-38-8-4-2-5-9-38)57-45(62)35-53-43(60)33-54-46(63)36-75-29-28-74-27-26-73-25-24-72-23-22-71-21-20-70-19-18-69-17-16-68-15-13-52-42(59)10-6-3-7-14-58-47(64)11-12-48(58)65/h2,4-5,8-9,11-12,39-41H,3,6-7,10,13-37H2,1H3,(H,51,66)(H,52,59)(H,53,60)(H,54,63)(H,55,67)(H,56,61)(H,57,62)/t39-,40+,41-/m0/s1. The van der Waals surface area contributed by atoms with Gasteiger partial charge in [0.1, 0.15) is 19.4 Å². The number of nitrogens with one attached hydrogen (secondary N) is 7. The van der Waals surface area contributed by atoms with Crippen molar-refractivity contribution in [2.24, 2.45) is 5.92 Å². The number of amides is 9. The molecule has 1 heterocycles. The molecule has 1 fully saturated rings. The Bertz CT molecular complexity index is 1910. The van der Waals surface area contributed by atoms with E-state index in [2.05, 4.69) is 37.2 Å². The van der Waals surface area contributed by atoms with Crippen molar-refractivity contribution in [1.29, 1.82) is 0 Å². The average molecular weight is 1080 g/mol. The van der Waals surface area contributed by atoms with E-state index in [9.17, 15) is 43.2 Å². The van der Waals surface area contributed by atoms with Gasteiger partial charge in [0.2, 0.25) is 41.4 Å². The van der Waals surface area contributed by atoms with Crippen molar-refractivity contribution in [3.05, 3.63) is 48.0 Å².